The quantitative estimate of drug-likeness (QED) is 0.494. The van der Waals surface area contributed by atoms with E-state index < -0.39 is 36.7 Å². The van der Waals surface area contributed by atoms with E-state index in [2.05, 4.69) is 13.2 Å². The lowest BCUT2D eigenvalue weighted by Gasteiger charge is -2.39. The van der Waals surface area contributed by atoms with E-state index in [0.717, 1.165) is 0 Å². The van der Waals surface area contributed by atoms with Crippen molar-refractivity contribution in [1.29, 1.82) is 0 Å². The van der Waals surface area contributed by atoms with Crippen molar-refractivity contribution < 1.29 is 40.7 Å². The first-order valence-electron chi connectivity index (χ1n) is 7.64. The van der Waals surface area contributed by atoms with Gasteiger partial charge in [-0.2, -0.15) is 30.7 Å². The van der Waals surface area contributed by atoms with Gasteiger partial charge in [0.25, 0.3) is 0 Å². The molecule has 0 aromatic heterocycles. The average molecular weight is 376 g/mol. The van der Waals surface area contributed by atoms with Gasteiger partial charge in [0.1, 0.15) is 12.6 Å². The highest BCUT2D eigenvalue weighted by atomic mass is 19.4. The van der Waals surface area contributed by atoms with Crippen LogP contribution in [0.2, 0.25) is 0 Å². The van der Waals surface area contributed by atoms with Gasteiger partial charge in [0.2, 0.25) is 0 Å². The van der Waals surface area contributed by atoms with Gasteiger partial charge in [0.05, 0.1) is 6.04 Å². The van der Waals surface area contributed by atoms with Crippen LogP contribution in [-0.2, 0) is 0 Å². The number of quaternary nitrogens is 1. The summed E-state index contributed by atoms with van der Waals surface area (Å²) in [6.45, 7) is 6.08. The van der Waals surface area contributed by atoms with E-state index in [1.165, 1.54) is 12.2 Å². The lowest BCUT2D eigenvalue weighted by Crippen LogP contribution is -3.20. The molecular weight excluding hydrogens is 355 g/mol. The third kappa shape index (κ3) is 4.44. The Morgan fingerprint density at radius 2 is 1.64 bits per heavy atom. The molecule has 0 bridgehead atoms. The summed E-state index contributed by atoms with van der Waals surface area (Å²) in [7, 11) is 0. The summed E-state index contributed by atoms with van der Waals surface area (Å²) in [5.74, 6) is -12.0. The van der Waals surface area contributed by atoms with E-state index in [9.17, 15) is 35.8 Å². The Balaban J connectivity index is 3.07. The summed E-state index contributed by atoms with van der Waals surface area (Å²) in [5.41, 5.74) is 0. The SMILES string of the molecule is C=CC[C@@H]1CC=C[C@@H](CC=C)[NH+]1C[C@H](O)C(F)(F)C(F)(F)C(F)(F)F. The van der Waals surface area contributed by atoms with Crippen molar-refractivity contribution in [3.8, 4) is 0 Å². The summed E-state index contributed by atoms with van der Waals surface area (Å²) in [6.07, 6.45) is -2.16. The first-order chi connectivity index (χ1) is 11.4. The molecule has 2 nitrogen and oxygen atoms in total. The smallest absolute Gasteiger partial charge is 0.381 e. The normalized spacial score (nSPS) is 26.3. The van der Waals surface area contributed by atoms with Gasteiger partial charge in [-0.25, -0.2) is 0 Å². The van der Waals surface area contributed by atoms with Crippen molar-refractivity contribution in [3.63, 3.8) is 0 Å². The zero-order chi connectivity index (χ0) is 19.5. The fraction of sp³-hybridized carbons (Fsp3) is 0.625. The predicted molar refractivity (Wildman–Crippen MR) is 78.7 cm³/mol. The second-order valence-corrected chi connectivity index (χ2v) is 6.01. The molecular formula is C16H21F7NO+. The van der Waals surface area contributed by atoms with E-state index in [4.69, 9.17) is 0 Å². The summed E-state index contributed by atoms with van der Waals surface area (Å²) in [5, 5.41) is 9.57. The molecule has 4 atom stereocenters. The zero-order valence-electron chi connectivity index (χ0n) is 13.4. The Bertz CT molecular complexity index is 501. The van der Waals surface area contributed by atoms with Crippen molar-refractivity contribution in [1.82, 2.24) is 0 Å². The van der Waals surface area contributed by atoms with E-state index in [1.54, 1.807) is 12.2 Å². The van der Waals surface area contributed by atoms with Gasteiger partial charge in [-0.15, -0.1) is 13.2 Å². The summed E-state index contributed by atoms with van der Waals surface area (Å²) in [4.78, 5) is 0.299. The minimum Gasteiger partial charge on any atom is -0.381 e. The van der Waals surface area contributed by atoms with Gasteiger partial charge < -0.3 is 10.0 Å². The Morgan fingerprint density at radius 3 is 2.12 bits per heavy atom. The van der Waals surface area contributed by atoms with Crippen LogP contribution in [0, 0.1) is 0 Å². The molecule has 1 aliphatic heterocycles. The largest absolute Gasteiger partial charge is 0.459 e. The summed E-state index contributed by atoms with van der Waals surface area (Å²) in [6, 6.07) is -0.821. The highest BCUT2D eigenvalue weighted by Gasteiger charge is 2.75. The van der Waals surface area contributed by atoms with Gasteiger partial charge >= 0.3 is 18.0 Å². The monoisotopic (exact) mass is 376 g/mol. The molecule has 0 aliphatic carbocycles. The molecule has 1 heterocycles. The summed E-state index contributed by atoms with van der Waals surface area (Å²) >= 11 is 0. The molecule has 0 saturated carbocycles. The molecule has 9 heteroatoms. The lowest BCUT2D eigenvalue weighted by atomic mass is 9.95. The van der Waals surface area contributed by atoms with Crippen LogP contribution in [0.5, 0.6) is 0 Å². The Kier molecular flexibility index (Phi) is 6.86. The lowest BCUT2D eigenvalue weighted by molar-refractivity contribution is -0.948. The van der Waals surface area contributed by atoms with Gasteiger partial charge in [0, 0.05) is 19.3 Å². The number of nitrogens with one attached hydrogen (secondary N) is 1. The highest BCUT2D eigenvalue weighted by molar-refractivity contribution is 5.00. The van der Waals surface area contributed by atoms with Crippen LogP contribution in [0.4, 0.5) is 30.7 Å². The van der Waals surface area contributed by atoms with Gasteiger partial charge in [-0.3, -0.25) is 0 Å². The molecule has 1 aliphatic rings. The Labute approximate surface area is 141 Å². The molecule has 0 spiro atoms. The molecule has 0 radical (unpaired) electrons. The maximum atomic E-state index is 13.7. The summed E-state index contributed by atoms with van der Waals surface area (Å²) < 4.78 is 90.4. The topological polar surface area (TPSA) is 24.7 Å². The molecule has 144 valence electrons. The van der Waals surface area contributed by atoms with Gasteiger partial charge in [-0.1, -0.05) is 18.2 Å². The molecule has 0 aromatic rings. The van der Waals surface area contributed by atoms with Crippen molar-refractivity contribution >= 4 is 0 Å². The minimum atomic E-state index is -6.46. The number of rotatable bonds is 8. The van der Waals surface area contributed by atoms with E-state index >= 15 is 0 Å². The Hall–Kier alpha value is -1.35. The van der Waals surface area contributed by atoms with E-state index in [0.29, 0.717) is 24.2 Å². The van der Waals surface area contributed by atoms with Crippen molar-refractivity contribution in [2.75, 3.05) is 6.54 Å². The van der Waals surface area contributed by atoms with Crippen molar-refractivity contribution in [2.24, 2.45) is 0 Å². The molecule has 25 heavy (non-hydrogen) atoms. The number of alkyl halides is 7. The molecule has 1 unspecified atom stereocenters. The number of hydrogen-bond acceptors (Lipinski definition) is 1. The maximum absolute atomic E-state index is 13.7. The molecule has 0 fully saturated rings. The van der Waals surface area contributed by atoms with Gasteiger partial charge in [0.15, 0.2) is 6.10 Å². The maximum Gasteiger partial charge on any atom is 0.459 e. The molecule has 1 rings (SSSR count). The number of halogens is 7. The molecule has 0 aromatic carbocycles. The van der Waals surface area contributed by atoms with Crippen LogP contribution >= 0.6 is 0 Å². The van der Waals surface area contributed by atoms with Crippen LogP contribution in [0.3, 0.4) is 0 Å². The highest BCUT2D eigenvalue weighted by Crippen LogP contribution is 2.47. The fourth-order valence-corrected chi connectivity index (χ4v) is 2.91. The van der Waals surface area contributed by atoms with Crippen LogP contribution in [0.15, 0.2) is 37.5 Å². The number of aliphatic hydroxyl groups excluding tert-OH is 1. The Morgan fingerprint density at radius 1 is 1.08 bits per heavy atom. The third-order valence-corrected chi connectivity index (χ3v) is 4.28. The minimum absolute atomic E-state index is 0.299. The molecule has 0 amide bonds. The number of aliphatic hydroxyl groups is 1. The van der Waals surface area contributed by atoms with Crippen LogP contribution in [0.25, 0.3) is 0 Å². The van der Waals surface area contributed by atoms with Crippen LogP contribution in [-0.4, -0.2) is 47.9 Å². The van der Waals surface area contributed by atoms with Crippen LogP contribution in [0.1, 0.15) is 19.3 Å². The fourth-order valence-electron chi connectivity index (χ4n) is 2.91. The second-order valence-electron chi connectivity index (χ2n) is 6.01. The van der Waals surface area contributed by atoms with Gasteiger partial charge in [-0.05, 0) is 6.08 Å². The van der Waals surface area contributed by atoms with Crippen molar-refractivity contribution in [3.05, 3.63) is 37.5 Å². The molecule has 2 N–H and O–H groups in total. The zero-order valence-corrected chi connectivity index (χ0v) is 13.4. The molecule has 0 saturated heterocycles. The standard InChI is InChI=1S/C16H20F7NO/c1-3-6-11-8-5-9-12(7-4-2)24(11)10-13(25)14(17,18)15(19,20)16(21,22)23/h3-5,8,11-13,25H,1-2,6-7,9-10H2/p+1/t11-,12-,13+/m1/s1. The van der Waals surface area contributed by atoms with E-state index in [1.807, 2.05) is 0 Å². The first-order valence-corrected chi connectivity index (χ1v) is 7.64. The average Bonchev–Trinajstić information content (AvgIpc) is 2.49. The second kappa shape index (κ2) is 7.90. The van der Waals surface area contributed by atoms with Crippen LogP contribution < -0.4 is 4.90 Å². The van der Waals surface area contributed by atoms with E-state index in [-0.39, 0.29) is 6.04 Å². The third-order valence-electron chi connectivity index (χ3n) is 4.28. The number of hydrogen-bond donors (Lipinski definition) is 2. The predicted octanol–water partition coefficient (Wildman–Crippen LogP) is 2.91. The first kappa shape index (κ1) is 21.7. The van der Waals surface area contributed by atoms with Crippen molar-refractivity contribution in [2.45, 2.75) is 55.5 Å².